The molecule has 0 fully saturated rings. The van der Waals surface area contributed by atoms with Crippen LogP contribution in [0.15, 0.2) is 34.7 Å². The number of nitrogens with one attached hydrogen (secondary N) is 1. The Hall–Kier alpha value is -2.85. The number of furan rings is 1. The maximum absolute atomic E-state index is 13.3. The van der Waals surface area contributed by atoms with Crippen LogP contribution in [0.25, 0.3) is 0 Å². The average molecular weight is 275 g/mol. The zero-order valence-corrected chi connectivity index (χ0v) is 10.2. The lowest BCUT2D eigenvalue weighted by Gasteiger charge is -2.04. The molecule has 0 saturated heterocycles. The molecule has 2 aromatic rings. The molecule has 7 heteroatoms. The van der Waals surface area contributed by atoms with Crippen LogP contribution in [0.2, 0.25) is 0 Å². The molecule has 20 heavy (non-hydrogen) atoms. The van der Waals surface area contributed by atoms with Gasteiger partial charge in [0.25, 0.3) is 0 Å². The summed E-state index contributed by atoms with van der Waals surface area (Å²) in [6, 6.07) is 8.60. The largest absolute Gasteiger partial charge is 0.486 e. The van der Waals surface area contributed by atoms with Gasteiger partial charge in [-0.05, 0) is 24.3 Å². The number of rotatable bonds is 4. The van der Waals surface area contributed by atoms with Gasteiger partial charge in [-0.2, -0.15) is 5.26 Å². The van der Waals surface area contributed by atoms with Crippen LogP contribution in [-0.4, -0.2) is 5.91 Å². The Morgan fingerprint density at radius 3 is 2.90 bits per heavy atom. The van der Waals surface area contributed by atoms with Crippen LogP contribution in [0.3, 0.4) is 0 Å². The molecule has 0 radical (unpaired) electrons. The predicted octanol–water partition coefficient (Wildman–Crippen LogP) is 1.47. The van der Waals surface area contributed by atoms with Crippen molar-refractivity contribution in [3.63, 3.8) is 0 Å². The van der Waals surface area contributed by atoms with E-state index in [0.717, 1.165) is 6.07 Å². The number of ether oxygens (including phenoxy) is 1. The minimum atomic E-state index is -0.660. The number of amides is 1. The summed E-state index contributed by atoms with van der Waals surface area (Å²) in [6.07, 6.45) is 0. The predicted molar refractivity (Wildman–Crippen MR) is 65.8 cm³/mol. The molecule has 1 aromatic carbocycles. The molecule has 0 aliphatic carbocycles. The van der Waals surface area contributed by atoms with Crippen molar-refractivity contribution in [2.24, 2.45) is 5.84 Å². The number of carbonyl (C=O) groups is 1. The van der Waals surface area contributed by atoms with Crippen molar-refractivity contribution in [3.8, 4) is 11.8 Å². The summed E-state index contributed by atoms with van der Waals surface area (Å²) in [7, 11) is 0. The van der Waals surface area contributed by atoms with E-state index < -0.39 is 11.7 Å². The van der Waals surface area contributed by atoms with Crippen LogP contribution < -0.4 is 16.0 Å². The van der Waals surface area contributed by atoms with Crippen LogP contribution in [0.1, 0.15) is 21.9 Å². The van der Waals surface area contributed by atoms with Gasteiger partial charge in [0.2, 0.25) is 0 Å². The quantitative estimate of drug-likeness (QED) is 0.500. The zero-order chi connectivity index (χ0) is 14.5. The Morgan fingerprint density at radius 1 is 1.45 bits per heavy atom. The lowest BCUT2D eigenvalue weighted by molar-refractivity contribution is 0.0922. The highest BCUT2D eigenvalue weighted by Crippen LogP contribution is 2.18. The summed E-state index contributed by atoms with van der Waals surface area (Å²) in [6.45, 7) is 0.0171. The van der Waals surface area contributed by atoms with Gasteiger partial charge in [0.05, 0.1) is 5.56 Å². The summed E-state index contributed by atoms with van der Waals surface area (Å²) < 4.78 is 23.8. The third-order valence-corrected chi connectivity index (χ3v) is 2.46. The molecule has 0 aliphatic heterocycles. The van der Waals surface area contributed by atoms with E-state index in [1.165, 1.54) is 18.2 Å². The first-order chi connectivity index (χ1) is 9.63. The van der Waals surface area contributed by atoms with E-state index in [1.54, 1.807) is 12.1 Å². The van der Waals surface area contributed by atoms with Gasteiger partial charge in [-0.1, -0.05) is 0 Å². The number of nitrogens with two attached hydrogens (primary N) is 1. The Labute approximate surface area is 113 Å². The number of hydrogen-bond acceptors (Lipinski definition) is 5. The topological polar surface area (TPSA) is 101 Å². The first kappa shape index (κ1) is 13.6. The van der Waals surface area contributed by atoms with Crippen LogP contribution in [0.4, 0.5) is 4.39 Å². The smallest absolute Gasteiger partial charge is 0.300 e. The average Bonchev–Trinajstić information content (AvgIpc) is 2.93. The summed E-state index contributed by atoms with van der Waals surface area (Å²) in [5, 5.41) is 8.60. The van der Waals surface area contributed by atoms with E-state index in [-0.39, 0.29) is 23.7 Å². The highest BCUT2D eigenvalue weighted by molar-refractivity contribution is 5.90. The molecular weight excluding hydrogens is 265 g/mol. The summed E-state index contributed by atoms with van der Waals surface area (Å²) in [5.74, 6) is 4.44. The minimum absolute atomic E-state index is 0.0171. The van der Waals surface area contributed by atoms with E-state index >= 15 is 0 Å². The first-order valence-electron chi connectivity index (χ1n) is 5.56. The number of nitrogen functional groups attached to an aromatic ring is 1. The Kier molecular flexibility index (Phi) is 3.98. The second-order valence-corrected chi connectivity index (χ2v) is 3.78. The molecular formula is C13H10FN3O3. The maximum atomic E-state index is 13.3. The summed E-state index contributed by atoms with van der Waals surface area (Å²) in [5.41, 5.74) is 1.88. The highest BCUT2D eigenvalue weighted by Gasteiger charge is 2.10. The van der Waals surface area contributed by atoms with Crippen molar-refractivity contribution in [3.05, 3.63) is 53.2 Å². The van der Waals surface area contributed by atoms with Gasteiger partial charge in [0.1, 0.15) is 30.0 Å². The number of hydrogen-bond donors (Lipinski definition) is 2. The van der Waals surface area contributed by atoms with Crippen LogP contribution in [0, 0.1) is 17.1 Å². The Balaban J connectivity index is 2.02. The van der Waals surface area contributed by atoms with Crippen molar-refractivity contribution in [2.45, 2.75) is 6.61 Å². The molecule has 6 nitrogen and oxygen atoms in total. The van der Waals surface area contributed by atoms with Crippen molar-refractivity contribution < 1.29 is 18.3 Å². The molecule has 102 valence electrons. The SMILES string of the molecule is N#Cc1ccc(OCc2ccc(C(=O)NN)o2)cc1F. The van der Waals surface area contributed by atoms with Gasteiger partial charge in [0, 0.05) is 6.07 Å². The molecule has 0 atom stereocenters. The van der Waals surface area contributed by atoms with Gasteiger partial charge in [0.15, 0.2) is 5.76 Å². The fourth-order valence-corrected chi connectivity index (χ4v) is 1.48. The number of halogens is 1. The van der Waals surface area contributed by atoms with Crippen molar-refractivity contribution in [1.82, 2.24) is 5.43 Å². The molecule has 0 unspecified atom stereocenters. The molecule has 1 heterocycles. The van der Waals surface area contributed by atoms with E-state index in [2.05, 4.69) is 0 Å². The second kappa shape index (κ2) is 5.86. The molecule has 0 bridgehead atoms. The maximum Gasteiger partial charge on any atom is 0.300 e. The number of nitrogens with zero attached hydrogens (tertiary/aromatic N) is 1. The van der Waals surface area contributed by atoms with Crippen molar-refractivity contribution >= 4 is 5.91 Å². The summed E-state index contributed by atoms with van der Waals surface area (Å²) in [4.78, 5) is 11.2. The lowest BCUT2D eigenvalue weighted by atomic mass is 10.2. The van der Waals surface area contributed by atoms with Crippen LogP contribution in [-0.2, 0) is 6.61 Å². The van der Waals surface area contributed by atoms with Crippen molar-refractivity contribution in [2.75, 3.05) is 0 Å². The number of carbonyl (C=O) groups excluding carboxylic acids is 1. The van der Waals surface area contributed by atoms with Gasteiger partial charge in [-0.3, -0.25) is 10.2 Å². The Bertz CT molecular complexity index is 676. The minimum Gasteiger partial charge on any atom is -0.486 e. The number of benzene rings is 1. The Morgan fingerprint density at radius 2 is 2.25 bits per heavy atom. The van der Waals surface area contributed by atoms with E-state index in [9.17, 15) is 9.18 Å². The molecule has 1 aromatic heterocycles. The van der Waals surface area contributed by atoms with E-state index in [0.29, 0.717) is 5.76 Å². The third-order valence-electron chi connectivity index (χ3n) is 2.46. The monoisotopic (exact) mass is 275 g/mol. The molecule has 1 amide bonds. The van der Waals surface area contributed by atoms with Gasteiger partial charge in [-0.15, -0.1) is 0 Å². The van der Waals surface area contributed by atoms with E-state index in [4.69, 9.17) is 20.3 Å². The van der Waals surface area contributed by atoms with Crippen LogP contribution in [0.5, 0.6) is 5.75 Å². The normalized spacial score (nSPS) is 9.85. The molecule has 0 spiro atoms. The van der Waals surface area contributed by atoms with E-state index in [1.807, 2.05) is 5.43 Å². The molecule has 0 saturated carbocycles. The highest BCUT2D eigenvalue weighted by atomic mass is 19.1. The standard InChI is InChI=1S/C13H10FN3O3/c14-11-5-9(2-1-8(11)6-15)19-7-10-3-4-12(20-10)13(18)17-16/h1-5H,7,16H2,(H,17,18). The van der Waals surface area contributed by atoms with Gasteiger partial charge in [-0.25, -0.2) is 10.2 Å². The lowest BCUT2D eigenvalue weighted by Crippen LogP contribution is -2.29. The molecule has 0 aliphatic rings. The number of hydrazine groups is 1. The fraction of sp³-hybridized carbons (Fsp3) is 0.0769. The van der Waals surface area contributed by atoms with Crippen LogP contribution >= 0.6 is 0 Å². The van der Waals surface area contributed by atoms with Gasteiger partial charge < -0.3 is 9.15 Å². The third kappa shape index (κ3) is 2.93. The number of nitriles is 1. The second-order valence-electron chi connectivity index (χ2n) is 3.78. The van der Waals surface area contributed by atoms with Gasteiger partial charge >= 0.3 is 5.91 Å². The van der Waals surface area contributed by atoms with Crippen molar-refractivity contribution in [1.29, 1.82) is 5.26 Å². The molecule has 3 N–H and O–H groups in total. The molecule has 2 rings (SSSR count). The first-order valence-corrected chi connectivity index (χ1v) is 5.56. The summed E-state index contributed by atoms with van der Waals surface area (Å²) >= 11 is 0. The fourth-order valence-electron chi connectivity index (χ4n) is 1.48. The zero-order valence-electron chi connectivity index (χ0n) is 10.2.